The Bertz CT molecular complexity index is 974. The lowest BCUT2D eigenvalue weighted by Gasteiger charge is -2.28. The van der Waals surface area contributed by atoms with Crippen LogP contribution in [0.15, 0.2) is 60.7 Å². The van der Waals surface area contributed by atoms with Crippen LogP contribution < -0.4 is 10.2 Å². The highest BCUT2D eigenvalue weighted by molar-refractivity contribution is 5.90. The second-order valence-corrected chi connectivity index (χ2v) is 7.06. The van der Waals surface area contributed by atoms with Crippen molar-refractivity contribution in [3.05, 3.63) is 77.6 Å². The molecule has 0 unspecified atom stereocenters. The van der Waals surface area contributed by atoms with Crippen LogP contribution in [0.25, 0.3) is 0 Å². The van der Waals surface area contributed by atoms with Gasteiger partial charge < -0.3 is 15.0 Å². The van der Waals surface area contributed by atoms with Crippen LogP contribution in [-0.4, -0.2) is 29.1 Å². The van der Waals surface area contributed by atoms with Gasteiger partial charge in [0.05, 0.1) is 12.7 Å². The molecule has 1 N–H and O–H groups in total. The number of methoxy groups -OCH3 is 1. The number of nitrogens with one attached hydrogen (secondary N) is 1. The third-order valence-corrected chi connectivity index (χ3v) is 4.49. The molecular formula is C23H26N4O2. The summed E-state index contributed by atoms with van der Waals surface area (Å²) in [5.41, 5.74) is 2.46. The van der Waals surface area contributed by atoms with Gasteiger partial charge in [-0.15, -0.1) is 0 Å². The number of anilines is 3. The fourth-order valence-corrected chi connectivity index (χ4v) is 3.06. The fourth-order valence-electron chi connectivity index (χ4n) is 3.06. The number of esters is 1. The average Bonchev–Trinajstić information content (AvgIpc) is 2.71. The number of aromatic nitrogens is 2. The Morgan fingerprint density at radius 1 is 1.07 bits per heavy atom. The molecule has 0 aliphatic carbocycles. The van der Waals surface area contributed by atoms with Gasteiger partial charge >= 0.3 is 5.97 Å². The van der Waals surface area contributed by atoms with Crippen LogP contribution in [-0.2, 0) is 11.3 Å². The van der Waals surface area contributed by atoms with E-state index in [4.69, 9.17) is 4.74 Å². The van der Waals surface area contributed by atoms with E-state index in [0.29, 0.717) is 17.2 Å². The van der Waals surface area contributed by atoms with Gasteiger partial charge in [0.2, 0.25) is 0 Å². The third kappa shape index (κ3) is 5.31. The number of benzene rings is 2. The zero-order chi connectivity index (χ0) is 20.8. The zero-order valence-corrected chi connectivity index (χ0v) is 17.2. The molecule has 3 aromatic rings. The van der Waals surface area contributed by atoms with E-state index in [9.17, 15) is 4.79 Å². The second-order valence-electron chi connectivity index (χ2n) is 7.06. The number of aryl methyl sites for hydroxylation is 1. The first-order chi connectivity index (χ1) is 14.0. The predicted octanol–water partition coefficient (Wildman–Crippen LogP) is 4.73. The van der Waals surface area contributed by atoms with E-state index < -0.39 is 0 Å². The molecule has 0 amide bonds. The molecule has 0 bridgehead atoms. The van der Waals surface area contributed by atoms with Gasteiger partial charge in [-0.2, -0.15) is 0 Å². The van der Waals surface area contributed by atoms with E-state index in [-0.39, 0.29) is 12.0 Å². The molecule has 0 fully saturated rings. The molecule has 150 valence electrons. The summed E-state index contributed by atoms with van der Waals surface area (Å²) in [6.07, 6.45) is 0. The molecule has 0 saturated carbocycles. The molecule has 6 heteroatoms. The fraction of sp³-hybridized carbons (Fsp3) is 0.261. The Kier molecular flexibility index (Phi) is 6.44. The predicted molar refractivity (Wildman–Crippen MR) is 116 cm³/mol. The summed E-state index contributed by atoms with van der Waals surface area (Å²) in [7, 11) is 1.37. The summed E-state index contributed by atoms with van der Waals surface area (Å²) in [4.78, 5) is 23.2. The minimum Gasteiger partial charge on any atom is -0.465 e. The zero-order valence-electron chi connectivity index (χ0n) is 17.2. The van der Waals surface area contributed by atoms with Crippen LogP contribution in [0.1, 0.15) is 35.6 Å². The van der Waals surface area contributed by atoms with Gasteiger partial charge in [-0.05, 0) is 44.5 Å². The molecular weight excluding hydrogens is 364 g/mol. The molecule has 0 spiro atoms. The summed E-state index contributed by atoms with van der Waals surface area (Å²) in [5, 5.41) is 3.28. The van der Waals surface area contributed by atoms with Gasteiger partial charge in [0.15, 0.2) is 0 Å². The van der Waals surface area contributed by atoms with Crippen molar-refractivity contribution in [1.82, 2.24) is 9.97 Å². The molecule has 0 atom stereocenters. The Morgan fingerprint density at radius 2 is 1.83 bits per heavy atom. The smallest absolute Gasteiger partial charge is 0.337 e. The highest BCUT2D eigenvalue weighted by atomic mass is 16.5. The first-order valence-corrected chi connectivity index (χ1v) is 9.58. The van der Waals surface area contributed by atoms with Crippen molar-refractivity contribution in [3.8, 4) is 0 Å². The molecule has 3 rings (SSSR count). The minimum atomic E-state index is -0.373. The summed E-state index contributed by atoms with van der Waals surface area (Å²) >= 11 is 0. The van der Waals surface area contributed by atoms with Crippen molar-refractivity contribution >= 4 is 23.3 Å². The van der Waals surface area contributed by atoms with Crippen molar-refractivity contribution in [3.63, 3.8) is 0 Å². The highest BCUT2D eigenvalue weighted by Crippen LogP contribution is 2.23. The topological polar surface area (TPSA) is 67.3 Å². The summed E-state index contributed by atoms with van der Waals surface area (Å²) in [6.45, 7) is 6.92. The van der Waals surface area contributed by atoms with Gasteiger partial charge in [0, 0.05) is 24.3 Å². The Balaban J connectivity index is 1.88. The number of rotatable bonds is 7. The van der Waals surface area contributed by atoms with Crippen molar-refractivity contribution in [1.29, 1.82) is 0 Å². The van der Waals surface area contributed by atoms with Crippen molar-refractivity contribution < 1.29 is 9.53 Å². The summed E-state index contributed by atoms with van der Waals surface area (Å²) in [6, 6.07) is 19.7. The monoisotopic (exact) mass is 390 g/mol. The van der Waals surface area contributed by atoms with Gasteiger partial charge in [-0.3, -0.25) is 0 Å². The Labute approximate surface area is 171 Å². The Morgan fingerprint density at radius 3 is 2.52 bits per heavy atom. The molecule has 6 nitrogen and oxygen atoms in total. The largest absolute Gasteiger partial charge is 0.465 e. The van der Waals surface area contributed by atoms with E-state index in [1.807, 2.05) is 37.3 Å². The van der Waals surface area contributed by atoms with E-state index in [1.54, 1.807) is 18.2 Å². The second kappa shape index (κ2) is 9.19. The molecule has 1 aromatic heterocycles. The van der Waals surface area contributed by atoms with Gasteiger partial charge in [0.25, 0.3) is 0 Å². The number of nitrogens with zero attached hydrogens (tertiary/aromatic N) is 3. The van der Waals surface area contributed by atoms with Crippen LogP contribution >= 0.6 is 0 Å². The lowest BCUT2D eigenvalue weighted by atomic mass is 10.2. The molecule has 0 saturated heterocycles. The number of carbonyl (C=O) groups excluding carboxylic acids is 1. The lowest BCUT2D eigenvalue weighted by molar-refractivity contribution is 0.0601. The third-order valence-electron chi connectivity index (χ3n) is 4.49. The van der Waals surface area contributed by atoms with Crippen molar-refractivity contribution in [2.75, 3.05) is 17.3 Å². The summed E-state index contributed by atoms with van der Waals surface area (Å²) < 4.78 is 4.80. The quantitative estimate of drug-likeness (QED) is 0.588. The van der Waals surface area contributed by atoms with Gasteiger partial charge in [-0.25, -0.2) is 14.8 Å². The van der Waals surface area contributed by atoms with Crippen LogP contribution in [0, 0.1) is 6.92 Å². The molecule has 2 aromatic carbocycles. The Hall–Kier alpha value is -3.41. The maximum Gasteiger partial charge on any atom is 0.337 e. The lowest BCUT2D eigenvalue weighted by Crippen LogP contribution is -2.31. The van der Waals surface area contributed by atoms with E-state index in [2.05, 4.69) is 46.2 Å². The normalized spacial score (nSPS) is 10.7. The van der Waals surface area contributed by atoms with Crippen LogP contribution in [0.5, 0.6) is 0 Å². The average molecular weight is 390 g/mol. The van der Waals surface area contributed by atoms with Crippen LogP contribution in [0.2, 0.25) is 0 Å². The maximum absolute atomic E-state index is 11.8. The van der Waals surface area contributed by atoms with Crippen LogP contribution in [0.3, 0.4) is 0 Å². The van der Waals surface area contributed by atoms with Crippen molar-refractivity contribution in [2.24, 2.45) is 0 Å². The molecule has 0 aliphatic rings. The minimum absolute atomic E-state index is 0.264. The van der Waals surface area contributed by atoms with E-state index >= 15 is 0 Å². The van der Waals surface area contributed by atoms with Gasteiger partial charge in [-0.1, -0.05) is 36.4 Å². The first kappa shape index (κ1) is 20.3. The van der Waals surface area contributed by atoms with Crippen molar-refractivity contribution in [2.45, 2.75) is 33.4 Å². The number of hydrogen-bond acceptors (Lipinski definition) is 6. The molecule has 29 heavy (non-hydrogen) atoms. The molecule has 0 radical (unpaired) electrons. The molecule has 1 heterocycles. The number of ether oxygens (including phenoxy) is 1. The van der Waals surface area contributed by atoms with E-state index in [0.717, 1.165) is 18.1 Å². The first-order valence-electron chi connectivity index (χ1n) is 9.58. The summed E-state index contributed by atoms with van der Waals surface area (Å²) in [5.74, 6) is 1.83. The number of carbonyl (C=O) groups is 1. The SMILES string of the molecule is COC(=O)c1cccc(Nc2cc(N(Cc3ccccc3)C(C)C)nc(C)n2)c1. The van der Waals surface area contributed by atoms with Gasteiger partial charge in [0.1, 0.15) is 17.5 Å². The maximum atomic E-state index is 11.8. The number of hydrogen-bond donors (Lipinski definition) is 1. The molecule has 0 aliphatic heterocycles. The van der Waals surface area contributed by atoms with Crippen LogP contribution in [0.4, 0.5) is 17.3 Å². The highest BCUT2D eigenvalue weighted by Gasteiger charge is 2.15. The van der Waals surface area contributed by atoms with E-state index in [1.165, 1.54) is 12.7 Å². The standard InChI is InChI=1S/C23H26N4O2/c1-16(2)27(15-18-9-6-5-7-10-18)22-14-21(24-17(3)25-22)26-20-12-8-11-19(13-20)23(28)29-4/h5-14,16H,15H2,1-4H3,(H,24,25,26).